The number of carbonyl (C=O) groups excluding carboxylic acids is 1. The van der Waals surface area contributed by atoms with E-state index >= 15 is 0 Å². The lowest BCUT2D eigenvalue weighted by Gasteiger charge is -2.13. The summed E-state index contributed by atoms with van der Waals surface area (Å²) in [5.74, 6) is -0.128. The number of amides is 1. The van der Waals surface area contributed by atoms with E-state index in [1.54, 1.807) is 6.33 Å². The van der Waals surface area contributed by atoms with Gasteiger partial charge in [0, 0.05) is 21.8 Å². The Bertz CT molecular complexity index is 1180. The van der Waals surface area contributed by atoms with Crippen molar-refractivity contribution in [1.29, 1.82) is 0 Å². The number of aromatic nitrogens is 3. The molecule has 5 rings (SSSR count). The van der Waals surface area contributed by atoms with Gasteiger partial charge in [0.1, 0.15) is 0 Å². The molecule has 5 nitrogen and oxygen atoms in total. The quantitative estimate of drug-likeness (QED) is 0.551. The number of aryl methyl sites for hydroxylation is 1. The van der Waals surface area contributed by atoms with E-state index in [2.05, 4.69) is 15.3 Å². The van der Waals surface area contributed by atoms with E-state index in [1.165, 1.54) is 0 Å². The lowest BCUT2D eigenvalue weighted by Crippen LogP contribution is -2.15. The maximum absolute atomic E-state index is 13.2. The molecular weight excluding hydrogens is 348 g/mol. The fourth-order valence-electron chi connectivity index (χ4n) is 3.70. The first kappa shape index (κ1) is 15.3. The van der Waals surface area contributed by atoms with Crippen LogP contribution in [0.1, 0.15) is 28.0 Å². The van der Waals surface area contributed by atoms with E-state index in [0.717, 1.165) is 58.1 Å². The molecule has 0 saturated heterocycles. The number of fused-ring (bicyclic) bond motifs is 3. The normalized spacial score (nSPS) is 13.3. The van der Waals surface area contributed by atoms with Crippen molar-refractivity contribution in [3.8, 4) is 0 Å². The molecule has 0 aliphatic heterocycles. The van der Waals surface area contributed by atoms with E-state index < -0.39 is 0 Å². The van der Waals surface area contributed by atoms with Gasteiger partial charge < -0.3 is 10.3 Å². The Balaban J connectivity index is 1.63. The molecule has 0 bridgehead atoms. The first-order valence-electron chi connectivity index (χ1n) is 8.54. The number of halogens is 1. The molecule has 0 fully saturated rings. The minimum absolute atomic E-state index is 0.128. The summed E-state index contributed by atoms with van der Waals surface area (Å²) >= 11 is 6.19. The van der Waals surface area contributed by atoms with Crippen molar-refractivity contribution in [3.05, 3.63) is 64.6 Å². The van der Waals surface area contributed by atoms with Crippen LogP contribution in [-0.2, 0) is 12.8 Å². The van der Waals surface area contributed by atoms with Gasteiger partial charge in [-0.15, -0.1) is 0 Å². The molecule has 2 N–H and O–H groups in total. The predicted octanol–water partition coefficient (Wildman–Crippen LogP) is 4.51. The van der Waals surface area contributed by atoms with E-state index in [-0.39, 0.29) is 5.91 Å². The number of pyridine rings is 1. The fraction of sp³-hybridized carbons (Fsp3) is 0.150. The van der Waals surface area contributed by atoms with Crippen molar-refractivity contribution < 1.29 is 4.79 Å². The van der Waals surface area contributed by atoms with E-state index in [9.17, 15) is 4.79 Å². The predicted molar refractivity (Wildman–Crippen MR) is 103 cm³/mol. The highest BCUT2D eigenvalue weighted by atomic mass is 35.5. The highest BCUT2D eigenvalue weighted by Gasteiger charge is 2.24. The second-order valence-corrected chi connectivity index (χ2v) is 6.95. The number of aromatic amines is 1. The summed E-state index contributed by atoms with van der Waals surface area (Å²) in [4.78, 5) is 25.2. The number of hydrogen-bond donors (Lipinski definition) is 2. The molecule has 128 valence electrons. The summed E-state index contributed by atoms with van der Waals surface area (Å²) in [6.45, 7) is 0. The van der Waals surface area contributed by atoms with Gasteiger partial charge in [-0.1, -0.05) is 11.6 Å². The molecule has 0 spiro atoms. The van der Waals surface area contributed by atoms with Gasteiger partial charge in [-0.2, -0.15) is 0 Å². The number of nitrogens with zero attached hydrogens (tertiary/aromatic N) is 2. The highest BCUT2D eigenvalue weighted by molar-refractivity contribution is 6.31. The number of hydrogen-bond acceptors (Lipinski definition) is 3. The van der Waals surface area contributed by atoms with Gasteiger partial charge in [-0.3, -0.25) is 9.78 Å². The monoisotopic (exact) mass is 362 g/mol. The maximum Gasteiger partial charge on any atom is 0.256 e. The van der Waals surface area contributed by atoms with Crippen LogP contribution < -0.4 is 5.32 Å². The largest absolute Gasteiger partial charge is 0.345 e. The Morgan fingerprint density at radius 1 is 1.12 bits per heavy atom. The Kier molecular flexibility index (Phi) is 3.43. The Morgan fingerprint density at radius 2 is 2.00 bits per heavy atom. The molecule has 0 atom stereocenters. The third-order valence-electron chi connectivity index (χ3n) is 4.88. The van der Waals surface area contributed by atoms with E-state index in [1.807, 2.05) is 36.4 Å². The molecule has 0 saturated carbocycles. The molecule has 1 amide bonds. The van der Waals surface area contributed by atoms with Crippen LogP contribution in [0.3, 0.4) is 0 Å². The van der Waals surface area contributed by atoms with Crippen LogP contribution in [0.5, 0.6) is 0 Å². The molecule has 0 radical (unpaired) electrons. The van der Waals surface area contributed by atoms with Gasteiger partial charge >= 0.3 is 0 Å². The van der Waals surface area contributed by atoms with Gasteiger partial charge in [0.2, 0.25) is 0 Å². The summed E-state index contributed by atoms with van der Waals surface area (Å²) in [6, 6.07) is 11.1. The molecular formula is C20H15ClN4O. The van der Waals surface area contributed by atoms with Crippen LogP contribution in [0.25, 0.3) is 21.9 Å². The Morgan fingerprint density at radius 3 is 2.92 bits per heavy atom. The number of benzene rings is 2. The first-order valence-corrected chi connectivity index (χ1v) is 8.92. The van der Waals surface area contributed by atoms with Crippen LogP contribution in [0.2, 0.25) is 5.02 Å². The van der Waals surface area contributed by atoms with Crippen LogP contribution in [0.15, 0.2) is 42.7 Å². The highest BCUT2D eigenvalue weighted by Crippen LogP contribution is 2.32. The van der Waals surface area contributed by atoms with Crippen molar-refractivity contribution in [2.24, 2.45) is 0 Å². The number of rotatable bonds is 2. The van der Waals surface area contributed by atoms with Gasteiger partial charge in [-0.05, 0) is 61.2 Å². The average Bonchev–Trinajstić information content (AvgIpc) is 3.27. The smallest absolute Gasteiger partial charge is 0.256 e. The van der Waals surface area contributed by atoms with Crippen LogP contribution in [0.4, 0.5) is 5.69 Å². The number of nitrogens with one attached hydrogen (secondary N) is 2. The fourth-order valence-corrected chi connectivity index (χ4v) is 3.87. The third kappa shape index (κ3) is 2.44. The SMILES string of the molecule is O=C(Nc1ccc2nc[nH]c2c1)c1c2c(nc3ccc(Cl)cc13)CCC2. The first-order chi connectivity index (χ1) is 12.7. The van der Waals surface area contributed by atoms with Crippen molar-refractivity contribution >= 4 is 45.1 Å². The van der Waals surface area contributed by atoms with E-state index in [4.69, 9.17) is 16.6 Å². The third-order valence-corrected chi connectivity index (χ3v) is 5.11. The van der Waals surface area contributed by atoms with Gasteiger partial charge in [-0.25, -0.2) is 4.98 Å². The molecule has 4 aromatic rings. The molecule has 26 heavy (non-hydrogen) atoms. The molecule has 0 unspecified atom stereocenters. The molecule has 2 aromatic heterocycles. The zero-order chi connectivity index (χ0) is 17.7. The average molecular weight is 363 g/mol. The van der Waals surface area contributed by atoms with E-state index in [0.29, 0.717) is 10.6 Å². The summed E-state index contributed by atoms with van der Waals surface area (Å²) in [5.41, 5.74) is 6.04. The summed E-state index contributed by atoms with van der Waals surface area (Å²) in [6.07, 6.45) is 4.44. The minimum Gasteiger partial charge on any atom is -0.345 e. The van der Waals surface area contributed by atoms with Crippen LogP contribution in [-0.4, -0.2) is 20.9 Å². The Labute approximate surface area is 154 Å². The maximum atomic E-state index is 13.2. The zero-order valence-electron chi connectivity index (χ0n) is 13.8. The molecule has 1 aliphatic rings. The minimum atomic E-state index is -0.128. The second kappa shape index (κ2) is 5.81. The van der Waals surface area contributed by atoms with Gasteiger partial charge in [0.25, 0.3) is 5.91 Å². The number of H-pyrrole nitrogens is 1. The number of carbonyl (C=O) groups is 1. The standard InChI is InChI=1S/C20H15ClN4O/c21-11-4-6-16-14(8-11)19(13-2-1-3-15(13)25-16)20(26)24-12-5-7-17-18(9-12)23-10-22-17/h4-10H,1-3H2,(H,22,23)(H,24,26). The summed E-state index contributed by atoms with van der Waals surface area (Å²) < 4.78 is 0. The summed E-state index contributed by atoms with van der Waals surface area (Å²) in [7, 11) is 0. The summed E-state index contributed by atoms with van der Waals surface area (Å²) in [5, 5.41) is 4.43. The van der Waals surface area contributed by atoms with Gasteiger partial charge in [0.15, 0.2) is 0 Å². The van der Waals surface area contributed by atoms with Gasteiger partial charge in [0.05, 0.1) is 28.4 Å². The number of imidazole rings is 1. The molecule has 1 aliphatic carbocycles. The zero-order valence-corrected chi connectivity index (χ0v) is 14.6. The van der Waals surface area contributed by atoms with Crippen molar-refractivity contribution in [2.45, 2.75) is 19.3 Å². The van der Waals surface area contributed by atoms with Crippen LogP contribution >= 0.6 is 11.6 Å². The lowest BCUT2D eigenvalue weighted by atomic mass is 10.0. The Hall–Kier alpha value is -2.92. The second-order valence-electron chi connectivity index (χ2n) is 6.52. The topological polar surface area (TPSA) is 70.7 Å². The molecule has 2 heterocycles. The van der Waals surface area contributed by atoms with Crippen molar-refractivity contribution in [1.82, 2.24) is 15.0 Å². The molecule has 6 heteroatoms. The molecule has 2 aromatic carbocycles. The van der Waals surface area contributed by atoms with Crippen molar-refractivity contribution in [3.63, 3.8) is 0 Å². The van der Waals surface area contributed by atoms with Crippen LogP contribution in [0, 0.1) is 0 Å². The lowest BCUT2D eigenvalue weighted by molar-refractivity contribution is 0.102. The van der Waals surface area contributed by atoms with Crippen molar-refractivity contribution in [2.75, 3.05) is 5.32 Å². The number of anilines is 1.